The zero-order valence-corrected chi connectivity index (χ0v) is 17.1. The first-order valence-electron chi connectivity index (χ1n) is 8.74. The molecule has 0 bridgehead atoms. The SMILES string of the molecule is CC1=C(C)C[C@@H](C(=O)Nc2cccc(-c3nn(C)cc3Br)c2)[C@H](C(=O)O)C1. The Hall–Kier alpha value is -2.41. The number of carboxylic acid groups (broad SMARTS) is 1. The van der Waals surface area contributed by atoms with Gasteiger partial charge in [-0.15, -0.1) is 0 Å². The van der Waals surface area contributed by atoms with E-state index in [0.717, 1.165) is 26.9 Å². The second kappa shape index (κ2) is 7.68. The summed E-state index contributed by atoms with van der Waals surface area (Å²) < 4.78 is 2.57. The molecule has 1 amide bonds. The highest BCUT2D eigenvalue weighted by atomic mass is 79.9. The molecule has 0 aliphatic heterocycles. The van der Waals surface area contributed by atoms with Gasteiger partial charge in [0.05, 0.1) is 16.3 Å². The van der Waals surface area contributed by atoms with Crippen molar-refractivity contribution in [3.63, 3.8) is 0 Å². The summed E-state index contributed by atoms with van der Waals surface area (Å²) in [6.07, 6.45) is 2.75. The van der Waals surface area contributed by atoms with Crippen LogP contribution in [0.5, 0.6) is 0 Å². The minimum atomic E-state index is -0.923. The molecular formula is C20H22BrN3O3. The number of rotatable bonds is 4. The summed E-state index contributed by atoms with van der Waals surface area (Å²) in [5.41, 5.74) is 4.44. The molecule has 2 aromatic rings. The first kappa shape index (κ1) is 19.4. The van der Waals surface area contributed by atoms with Crippen LogP contribution in [0.15, 0.2) is 46.1 Å². The third kappa shape index (κ3) is 4.13. The molecule has 1 aliphatic rings. The summed E-state index contributed by atoms with van der Waals surface area (Å²) in [5.74, 6) is -2.45. The van der Waals surface area contributed by atoms with Gasteiger partial charge in [0.2, 0.25) is 5.91 Å². The van der Waals surface area contributed by atoms with Crippen LogP contribution >= 0.6 is 15.9 Å². The van der Waals surface area contributed by atoms with Crippen LogP contribution in [0.2, 0.25) is 0 Å². The molecule has 0 unspecified atom stereocenters. The molecule has 0 radical (unpaired) electrons. The minimum absolute atomic E-state index is 0.258. The molecule has 1 aromatic carbocycles. The smallest absolute Gasteiger partial charge is 0.307 e. The number of hydrogen-bond acceptors (Lipinski definition) is 3. The molecule has 2 N–H and O–H groups in total. The predicted octanol–water partition coefficient (Wildman–Crippen LogP) is 4.24. The van der Waals surface area contributed by atoms with Crippen molar-refractivity contribution in [1.82, 2.24) is 9.78 Å². The molecule has 27 heavy (non-hydrogen) atoms. The van der Waals surface area contributed by atoms with Gasteiger partial charge in [-0.3, -0.25) is 14.3 Å². The summed E-state index contributed by atoms with van der Waals surface area (Å²) in [4.78, 5) is 24.5. The number of carbonyl (C=O) groups excluding carboxylic acids is 1. The largest absolute Gasteiger partial charge is 0.481 e. The van der Waals surface area contributed by atoms with Gasteiger partial charge in [-0.25, -0.2) is 0 Å². The number of anilines is 1. The van der Waals surface area contributed by atoms with Crippen LogP contribution in [0, 0.1) is 11.8 Å². The van der Waals surface area contributed by atoms with Gasteiger partial charge in [0.15, 0.2) is 0 Å². The molecule has 1 aliphatic carbocycles. The third-order valence-corrected chi connectivity index (χ3v) is 5.69. The first-order chi connectivity index (χ1) is 12.8. The van der Waals surface area contributed by atoms with Gasteiger partial charge >= 0.3 is 5.97 Å². The maximum atomic E-state index is 12.8. The lowest BCUT2D eigenvalue weighted by Crippen LogP contribution is -2.36. The van der Waals surface area contributed by atoms with E-state index in [0.29, 0.717) is 18.5 Å². The Morgan fingerprint density at radius 1 is 1.22 bits per heavy atom. The number of aryl methyl sites for hydroxylation is 1. The number of carbonyl (C=O) groups is 2. The fourth-order valence-electron chi connectivity index (χ4n) is 3.46. The van der Waals surface area contributed by atoms with E-state index in [-0.39, 0.29) is 5.91 Å². The van der Waals surface area contributed by atoms with Gasteiger partial charge in [-0.05, 0) is 54.8 Å². The van der Waals surface area contributed by atoms with E-state index in [1.165, 1.54) is 0 Å². The van der Waals surface area contributed by atoms with Crippen LogP contribution in [-0.2, 0) is 16.6 Å². The van der Waals surface area contributed by atoms with E-state index in [1.54, 1.807) is 10.7 Å². The summed E-state index contributed by atoms with van der Waals surface area (Å²) in [7, 11) is 1.84. The summed E-state index contributed by atoms with van der Waals surface area (Å²) in [5, 5.41) is 16.8. The van der Waals surface area contributed by atoms with Crippen LogP contribution in [0.1, 0.15) is 26.7 Å². The van der Waals surface area contributed by atoms with E-state index >= 15 is 0 Å². The van der Waals surface area contributed by atoms with Crippen molar-refractivity contribution in [2.45, 2.75) is 26.7 Å². The lowest BCUT2D eigenvalue weighted by atomic mass is 9.76. The van der Waals surface area contributed by atoms with Crippen LogP contribution in [-0.4, -0.2) is 26.8 Å². The molecule has 3 rings (SSSR count). The molecule has 2 atom stereocenters. The van der Waals surface area contributed by atoms with Gasteiger partial charge in [-0.1, -0.05) is 23.3 Å². The Morgan fingerprint density at radius 2 is 1.89 bits per heavy atom. The monoisotopic (exact) mass is 431 g/mol. The van der Waals surface area contributed by atoms with Crippen molar-refractivity contribution in [2.75, 3.05) is 5.32 Å². The van der Waals surface area contributed by atoms with Gasteiger partial charge in [0.1, 0.15) is 5.69 Å². The molecule has 1 heterocycles. The number of carboxylic acids is 1. The van der Waals surface area contributed by atoms with Crippen molar-refractivity contribution in [2.24, 2.45) is 18.9 Å². The number of amides is 1. The lowest BCUT2D eigenvalue weighted by Gasteiger charge is -2.29. The third-order valence-electron chi connectivity index (χ3n) is 5.11. The van der Waals surface area contributed by atoms with Crippen molar-refractivity contribution < 1.29 is 14.7 Å². The number of hydrogen-bond donors (Lipinski definition) is 2. The Balaban J connectivity index is 1.83. The second-order valence-corrected chi connectivity index (χ2v) is 7.94. The average Bonchev–Trinajstić information content (AvgIpc) is 2.95. The number of nitrogens with one attached hydrogen (secondary N) is 1. The summed E-state index contributed by atoms with van der Waals surface area (Å²) in [6, 6.07) is 7.40. The Labute approximate surface area is 166 Å². The van der Waals surface area contributed by atoms with Crippen molar-refractivity contribution >= 4 is 33.5 Å². The van der Waals surface area contributed by atoms with E-state index in [9.17, 15) is 14.7 Å². The quantitative estimate of drug-likeness (QED) is 0.709. The standard InChI is InChI=1S/C20H22BrN3O3/c1-11-7-15(16(20(26)27)8-12(11)2)19(25)22-14-6-4-5-13(9-14)18-17(21)10-24(3)23-18/h4-6,9-10,15-16H,7-8H2,1-3H3,(H,22,25)(H,26,27)/t15-,16-/m1/s1. The molecule has 0 spiro atoms. The van der Waals surface area contributed by atoms with Crippen LogP contribution in [0.4, 0.5) is 5.69 Å². The first-order valence-corrected chi connectivity index (χ1v) is 9.54. The molecule has 6 nitrogen and oxygen atoms in total. The maximum absolute atomic E-state index is 12.8. The van der Waals surface area contributed by atoms with Crippen LogP contribution in [0.25, 0.3) is 11.3 Å². The highest BCUT2D eigenvalue weighted by Crippen LogP contribution is 2.35. The molecule has 0 fully saturated rings. The predicted molar refractivity (Wildman–Crippen MR) is 107 cm³/mol. The number of benzene rings is 1. The van der Waals surface area contributed by atoms with Gasteiger partial charge in [0.25, 0.3) is 0 Å². The number of halogens is 1. The van der Waals surface area contributed by atoms with E-state index in [2.05, 4.69) is 26.3 Å². The fraction of sp³-hybridized carbons (Fsp3) is 0.350. The van der Waals surface area contributed by atoms with Gasteiger partial charge in [0, 0.05) is 24.5 Å². The van der Waals surface area contributed by atoms with Crippen LogP contribution < -0.4 is 5.32 Å². The fourth-order valence-corrected chi connectivity index (χ4v) is 4.07. The number of allylic oxidation sites excluding steroid dienone is 2. The minimum Gasteiger partial charge on any atom is -0.481 e. The van der Waals surface area contributed by atoms with Crippen LogP contribution in [0.3, 0.4) is 0 Å². The zero-order valence-electron chi connectivity index (χ0n) is 15.5. The maximum Gasteiger partial charge on any atom is 0.307 e. The van der Waals surface area contributed by atoms with Crippen molar-refractivity contribution in [1.29, 1.82) is 0 Å². The average molecular weight is 432 g/mol. The number of aliphatic carboxylic acids is 1. The van der Waals surface area contributed by atoms with E-state index < -0.39 is 17.8 Å². The van der Waals surface area contributed by atoms with E-state index in [1.807, 2.05) is 45.3 Å². The Bertz CT molecular complexity index is 932. The highest BCUT2D eigenvalue weighted by molar-refractivity contribution is 9.10. The molecule has 7 heteroatoms. The molecule has 0 saturated carbocycles. The van der Waals surface area contributed by atoms with Crippen molar-refractivity contribution in [3.8, 4) is 11.3 Å². The lowest BCUT2D eigenvalue weighted by molar-refractivity contribution is -0.146. The van der Waals surface area contributed by atoms with Gasteiger partial charge in [-0.2, -0.15) is 5.10 Å². The molecule has 142 valence electrons. The summed E-state index contributed by atoms with van der Waals surface area (Å²) >= 11 is 3.49. The Morgan fingerprint density at radius 3 is 2.48 bits per heavy atom. The van der Waals surface area contributed by atoms with Crippen molar-refractivity contribution in [3.05, 3.63) is 46.1 Å². The normalized spacial score (nSPS) is 19.9. The number of nitrogens with zero attached hydrogens (tertiary/aromatic N) is 2. The summed E-state index contributed by atoms with van der Waals surface area (Å²) in [6.45, 7) is 3.90. The van der Waals surface area contributed by atoms with Gasteiger partial charge < -0.3 is 10.4 Å². The highest BCUT2D eigenvalue weighted by Gasteiger charge is 2.37. The van der Waals surface area contributed by atoms with E-state index in [4.69, 9.17) is 0 Å². The zero-order chi connectivity index (χ0) is 19.7. The molecule has 1 aromatic heterocycles. The Kier molecular flexibility index (Phi) is 5.51. The second-order valence-electron chi connectivity index (χ2n) is 7.09. The molecular weight excluding hydrogens is 410 g/mol. The number of aromatic nitrogens is 2. The topological polar surface area (TPSA) is 84.2 Å². The molecule has 0 saturated heterocycles.